The minimum absolute atomic E-state index is 0.0660. The molecule has 3 heterocycles. The van der Waals surface area contributed by atoms with Gasteiger partial charge in [0.1, 0.15) is 6.04 Å². The number of nitrogens with one attached hydrogen (secondary N) is 1. The van der Waals surface area contributed by atoms with Crippen molar-refractivity contribution in [2.24, 2.45) is 5.92 Å². The van der Waals surface area contributed by atoms with Crippen LogP contribution < -0.4 is 4.90 Å². The molecule has 0 saturated carbocycles. The maximum atomic E-state index is 13.4. The largest absolute Gasteiger partial charge is 0.356 e. The van der Waals surface area contributed by atoms with Gasteiger partial charge < -0.3 is 9.88 Å². The molecule has 3 aromatic rings. The van der Waals surface area contributed by atoms with Crippen molar-refractivity contribution < 1.29 is 4.79 Å². The van der Waals surface area contributed by atoms with Crippen LogP contribution in [-0.2, 0) is 11.2 Å². The normalized spacial score (nSPS) is 21.9. The van der Waals surface area contributed by atoms with Crippen LogP contribution >= 0.6 is 12.2 Å². The number of benzene rings is 2. The van der Waals surface area contributed by atoms with Gasteiger partial charge in [0.15, 0.2) is 5.11 Å². The summed E-state index contributed by atoms with van der Waals surface area (Å²) >= 11 is 5.82. The van der Waals surface area contributed by atoms with Crippen LogP contribution in [0.2, 0.25) is 0 Å². The SMILES string of the molecule is CC(C)C1c2[nH]c3ccccc3c2CC2C(=O)N(c3ccccc3)C(=S)N21. The number of nitrogens with zero attached hydrogens (tertiary/aromatic N) is 2. The molecule has 2 unspecified atom stereocenters. The van der Waals surface area contributed by atoms with Gasteiger partial charge in [-0.1, -0.05) is 50.2 Å². The maximum absolute atomic E-state index is 13.4. The summed E-state index contributed by atoms with van der Waals surface area (Å²) in [6, 6.07) is 17.9. The summed E-state index contributed by atoms with van der Waals surface area (Å²) in [5.74, 6) is 0.397. The first kappa shape index (κ1) is 16.5. The molecule has 27 heavy (non-hydrogen) atoms. The number of fused-ring (bicyclic) bond motifs is 4. The van der Waals surface area contributed by atoms with Gasteiger partial charge in [-0.05, 0) is 41.9 Å². The zero-order valence-electron chi connectivity index (χ0n) is 15.3. The summed E-state index contributed by atoms with van der Waals surface area (Å²) in [7, 11) is 0. The van der Waals surface area contributed by atoms with Gasteiger partial charge in [-0.3, -0.25) is 9.69 Å². The third-order valence-electron chi connectivity index (χ3n) is 5.74. The zero-order chi connectivity index (χ0) is 18.7. The molecule has 0 bridgehead atoms. The fourth-order valence-electron chi connectivity index (χ4n) is 4.60. The number of thiocarbonyl (C=S) groups is 1. The molecule has 5 heteroatoms. The quantitative estimate of drug-likeness (QED) is 0.674. The third-order valence-corrected chi connectivity index (χ3v) is 6.13. The summed E-state index contributed by atoms with van der Waals surface area (Å²) in [6.45, 7) is 4.39. The predicted molar refractivity (Wildman–Crippen MR) is 112 cm³/mol. The second-order valence-corrected chi connectivity index (χ2v) is 8.04. The Labute approximate surface area is 163 Å². The van der Waals surface area contributed by atoms with Gasteiger partial charge in [-0.15, -0.1) is 0 Å². The van der Waals surface area contributed by atoms with Crippen molar-refractivity contribution in [1.82, 2.24) is 9.88 Å². The number of H-pyrrole nitrogens is 1. The molecule has 0 aliphatic carbocycles. The molecule has 1 saturated heterocycles. The highest BCUT2D eigenvalue weighted by Gasteiger charge is 2.51. The molecule has 2 atom stereocenters. The average molecular weight is 375 g/mol. The Bertz CT molecular complexity index is 1060. The van der Waals surface area contributed by atoms with E-state index >= 15 is 0 Å². The van der Waals surface area contributed by atoms with E-state index in [-0.39, 0.29) is 18.0 Å². The molecule has 5 rings (SSSR count). The lowest BCUT2D eigenvalue weighted by Gasteiger charge is -2.39. The summed E-state index contributed by atoms with van der Waals surface area (Å²) in [4.78, 5) is 20.9. The summed E-state index contributed by atoms with van der Waals surface area (Å²) in [6.07, 6.45) is 0.685. The number of rotatable bonds is 2. The van der Waals surface area contributed by atoms with Crippen LogP contribution in [0, 0.1) is 5.92 Å². The van der Waals surface area contributed by atoms with E-state index in [4.69, 9.17) is 12.2 Å². The van der Waals surface area contributed by atoms with Crippen molar-refractivity contribution in [1.29, 1.82) is 0 Å². The van der Waals surface area contributed by atoms with Gasteiger partial charge >= 0.3 is 0 Å². The van der Waals surface area contributed by atoms with Crippen molar-refractivity contribution in [3.63, 3.8) is 0 Å². The molecule has 136 valence electrons. The molecule has 1 N–H and O–H groups in total. The zero-order valence-corrected chi connectivity index (χ0v) is 16.2. The van der Waals surface area contributed by atoms with Gasteiger partial charge in [-0.2, -0.15) is 0 Å². The number of para-hydroxylation sites is 2. The van der Waals surface area contributed by atoms with E-state index in [1.54, 1.807) is 4.90 Å². The van der Waals surface area contributed by atoms with E-state index in [1.807, 2.05) is 36.4 Å². The minimum Gasteiger partial charge on any atom is -0.356 e. The van der Waals surface area contributed by atoms with Gasteiger partial charge in [0.05, 0.1) is 11.7 Å². The van der Waals surface area contributed by atoms with E-state index in [0.717, 1.165) is 11.2 Å². The average Bonchev–Trinajstić information content (AvgIpc) is 3.16. The number of hydrogen-bond acceptors (Lipinski definition) is 2. The number of aromatic nitrogens is 1. The van der Waals surface area contributed by atoms with Gasteiger partial charge in [0.2, 0.25) is 0 Å². The Balaban J connectivity index is 1.66. The smallest absolute Gasteiger partial charge is 0.256 e. The molecule has 2 aromatic carbocycles. The monoisotopic (exact) mass is 375 g/mol. The van der Waals surface area contributed by atoms with E-state index in [2.05, 4.69) is 41.9 Å². The number of amides is 1. The first-order valence-electron chi connectivity index (χ1n) is 9.38. The lowest BCUT2D eigenvalue weighted by molar-refractivity contribution is -0.120. The highest BCUT2D eigenvalue weighted by molar-refractivity contribution is 7.80. The minimum atomic E-state index is -0.239. The van der Waals surface area contributed by atoms with Gasteiger partial charge in [0.25, 0.3) is 5.91 Å². The van der Waals surface area contributed by atoms with Crippen LogP contribution in [0.5, 0.6) is 0 Å². The number of carbonyl (C=O) groups is 1. The van der Waals surface area contributed by atoms with Crippen LogP contribution in [0.15, 0.2) is 54.6 Å². The second-order valence-electron chi connectivity index (χ2n) is 7.67. The van der Waals surface area contributed by atoms with Crippen LogP contribution in [0.25, 0.3) is 10.9 Å². The van der Waals surface area contributed by atoms with Crippen molar-refractivity contribution >= 4 is 39.8 Å². The van der Waals surface area contributed by atoms with E-state index < -0.39 is 0 Å². The van der Waals surface area contributed by atoms with E-state index in [1.165, 1.54) is 16.6 Å². The summed E-state index contributed by atoms with van der Waals surface area (Å²) in [5, 5.41) is 1.83. The Morgan fingerprint density at radius 3 is 2.52 bits per heavy atom. The van der Waals surface area contributed by atoms with Crippen LogP contribution in [0.4, 0.5) is 5.69 Å². The van der Waals surface area contributed by atoms with Crippen LogP contribution in [0.1, 0.15) is 31.1 Å². The predicted octanol–water partition coefficient (Wildman–Crippen LogP) is 4.42. The van der Waals surface area contributed by atoms with Crippen molar-refractivity contribution in [2.75, 3.05) is 4.90 Å². The lowest BCUT2D eigenvalue weighted by Crippen LogP contribution is -2.45. The highest BCUT2D eigenvalue weighted by atomic mass is 32.1. The number of hydrogen-bond donors (Lipinski definition) is 1. The second kappa shape index (κ2) is 5.92. The molecule has 0 radical (unpaired) electrons. The Morgan fingerprint density at radius 2 is 1.78 bits per heavy atom. The Kier molecular flexibility index (Phi) is 3.62. The number of aromatic amines is 1. The summed E-state index contributed by atoms with van der Waals surface area (Å²) in [5.41, 5.74) is 4.44. The molecule has 4 nitrogen and oxygen atoms in total. The van der Waals surface area contributed by atoms with Crippen LogP contribution in [0.3, 0.4) is 0 Å². The maximum Gasteiger partial charge on any atom is 0.256 e. The first-order chi connectivity index (χ1) is 13.1. The summed E-state index contributed by atoms with van der Waals surface area (Å²) < 4.78 is 0. The van der Waals surface area contributed by atoms with E-state index in [9.17, 15) is 4.79 Å². The fraction of sp³-hybridized carbons (Fsp3) is 0.273. The fourth-order valence-corrected chi connectivity index (χ4v) is 5.04. The third kappa shape index (κ3) is 2.28. The van der Waals surface area contributed by atoms with Crippen molar-refractivity contribution in [3.8, 4) is 0 Å². The molecule has 2 aliphatic heterocycles. The molecule has 1 amide bonds. The number of carbonyl (C=O) groups excluding carboxylic acids is 1. The first-order valence-corrected chi connectivity index (χ1v) is 9.79. The molecule has 1 aromatic heterocycles. The number of anilines is 1. The Morgan fingerprint density at radius 1 is 1.07 bits per heavy atom. The van der Waals surface area contributed by atoms with Crippen molar-refractivity contribution in [3.05, 3.63) is 65.9 Å². The Hall–Kier alpha value is -2.66. The van der Waals surface area contributed by atoms with Gasteiger partial charge in [-0.25, -0.2) is 0 Å². The van der Waals surface area contributed by atoms with Gasteiger partial charge in [0, 0.05) is 23.0 Å². The molecule has 2 aliphatic rings. The molecular formula is C22H21N3OS. The van der Waals surface area contributed by atoms with Crippen LogP contribution in [-0.4, -0.2) is 26.9 Å². The van der Waals surface area contributed by atoms with Crippen molar-refractivity contribution in [2.45, 2.75) is 32.4 Å². The standard InChI is InChI=1S/C22H21N3OS/c1-13(2)20-19-16(15-10-6-7-11-17(15)23-19)12-18-21(26)24(22(27)25(18)20)14-8-4-3-5-9-14/h3-11,13,18,20,23H,12H2,1-2H3. The molecule has 1 fully saturated rings. The molecule has 0 spiro atoms. The van der Waals surface area contributed by atoms with E-state index in [0.29, 0.717) is 17.5 Å². The lowest BCUT2D eigenvalue weighted by atomic mass is 9.87. The highest BCUT2D eigenvalue weighted by Crippen LogP contribution is 2.44. The molecular weight excluding hydrogens is 354 g/mol. The topological polar surface area (TPSA) is 39.3 Å².